The molecule has 1 amide bonds. The fourth-order valence-electron chi connectivity index (χ4n) is 3.95. The summed E-state index contributed by atoms with van der Waals surface area (Å²) in [4.78, 5) is 19.2. The van der Waals surface area contributed by atoms with Crippen LogP contribution in [0.15, 0.2) is 48.5 Å². The first-order valence-corrected chi connectivity index (χ1v) is 9.81. The molecule has 2 aromatic carbocycles. The highest BCUT2D eigenvalue weighted by Crippen LogP contribution is 2.24. The van der Waals surface area contributed by atoms with E-state index < -0.39 is 0 Å². The number of carbonyl (C=O) groups excluding carboxylic acids is 1. The Bertz CT molecular complexity index is 761. The fourth-order valence-corrected chi connectivity index (χ4v) is 3.95. The van der Waals surface area contributed by atoms with Gasteiger partial charge in [0.15, 0.2) is 0 Å². The topological polar surface area (TPSA) is 26.8 Å². The van der Waals surface area contributed by atoms with Crippen LogP contribution in [0.25, 0.3) is 0 Å². The Morgan fingerprint density at radius 2 is 1.26 bits per heavy atom. The van der Waals surface area contributed by atoms with Crippen LogP contribution in [0.3, 0.4) is 0 Å². The summed E-state index contributed by atoms with van der Waals surface area (Å²) in [5.74, 6) is -0.152. The first-order valence-electron chi connectivity index (χ1n) is 9.81. The summed E-state index contributed by atoms with van der Waals surface area (Å²) in [6.07, 6.45) is 2.91. The molecule has 0 bridgehead atoms. The molecule has 0 spiro atoms. The van der Waals surface area contributed by atoms with Gasteiger partial charge in [0.1, 0.15) is 5.82 Å². The number of anilines is 2. The van der Waals surface area contributed by atoms with E-state index in [4.69, 9.17) is 0 Å². The van der Waals surface area contributed by atoms with Crippen LogP contribution < -0.4 is 9.80 Å². The summed E-state index contributed by atoms with van der Waals surface area (Å²) in [5, 5.41) is 0. The normalized spacial score (nSPS) is 17.4. The molecule has 0 atom stereocenters. The maximum Gasteiger partial charge on any atom is 0.227 e. The van der Waals surface area contributed by atoms with Crippen molar-refractivity contribution in [3.63, 3.8) is 0 Å². The van der Waals surface area contributed by atoms with Crippen molar-refractivity contribution >= 4 is 17.3 Å². The average Bonchev–Trinajstić information content (AvgIpc) is 3.25. The Morgan fingerprint density at radius 3 is 1.81 bits per heavy atom. The minimum absolute atomic E-state index is 0.116. The molecule has 5 heteroatoms. The van der Waals surface area contributed by atoms with E-state index in [0.717, 1.165) is 44.8 Å². The first-order chi connectivity index (χ1) is 13.2. The molecule has 4 nitrogen and oxygen atoms in total. The number of benzene rings is 2. The largest absolute Gasteiger partial charge is 0.372 e. The number of halogens is 1. The molecule has 2 aliphatic rings. The second-order valence-corrected chi connectivity index (χ2v) is 7.38. The number of piperazine rings is 1. The molecule has 2 aromatic rings. The van der Waals surface area contributed by atoms with Gasteiger partial charge in [0, 0.05) is 50.6 Å². The highest BCUT2D eigenvalue weighted by Gasteiger charge is 2.21. The van der Waals surface area contributed by atoms with Gasteiger partial charge in [0.05, 0.1) is 6.42 Å². The molecule has 0 aromatic heterocycles. The Kier molecular flexibility index (Phi) is 5.28. The fraction of sp³-hybridized carbons (Fsp3) is 0.409. The SMILES string of the molecule is O=C(Cc1ccc(F)cc1)N1CCN(c2ccc(N3CCCC3)cc2)CC1. The lowest BCUT2D eigenvalue weighted by Gasteiger charge is -2.36. The van der Waals surface area contributed by atoms with E-state index in [2.05, 4.69) is 34.1 Å². The molecule has 142 valence electrons. The van der Waals surface area contributed by atoms with E-state index in [1.165, 1.54) is 36.3 Å². The van der Waals surface area contributed by atoms with Crippen molar-refractivity contribution in [3.05, 3.63) is 59.9 Å². The number of nitrogens with zero attached hydrogens (tertiary/aromatic N) is 3. The molecule has 0 N–H and O–H groups in total. The molecule has 0 saturated carbocycles. The van der Waals surface area contributed by atoms with Gasteiger partial charge in [-0.25, -0.2) is 4.39 Å². The maximum absolute atomic E-state index is 13.0. The van der Waals surface area contributed by atoms with Crippen molar-refractivity contribution in [1.29, 1.82) is 0 Å². The molecule has 2 fully saturated rings. The average molecular weight is 367 g/mol. The quantitative estimate of drug-likeness (QED) is 0.829. The molecule has 27 heavy (non-hydrogen) atoms. The van der Waals surface area contributed by atoms with Crippen molar-refractivity contribution in [2.24, 2.45) is 0 Å². The number of carbonyl (C=O) groups is 1. The van der Waals surface area contributed by atoms with Crippen LogP contribution >= 0.6 is 0 Å². The zero-order valence-corrected chi connectivity index (χ0v) is 15.6. The van der Waals surface area contributed by atoms with Crippen LogP contribution in [0.4, 0.5) is 15.8 Å². The van der Waals surface area contributed by atoms with Gasteiger partial charge in [-0.15, -0.1) is 0 Å². The summed E-state index contributed by atoms with van der Waals surface area (Å²) < 4.78 is 13.0. The van der Waals surface area contributed by atoms with E-state index >= 15 is 0 Å². The number of rotatable bonds is 4. The minimum atomic E-state index is -0.268. The minimum Gasteiger partial charge on any atom is -0.372 e. The summed E-state index contributed by atoms with van der Waals surface area (Å²) in [6.45, 7) is 5.47. The maximum atomic E-state index is 13.0. The van der Waals surface area contributed by atoms with Gasteiger partial charge in [-0.05, 0) is 54.8 Å². The molecular formula is C22H26FN3O. The monoisotopic (exact) mass is 367 g/mol. The second-order valence-electron chi connectivity index (χ2n) is 7.38. The number of hydrogen-bond donors (Lipinski definition) is 0. The first kappa shape index (κ1) is 17.8. The van der Waals surface area contributed by atoms with Crippen molar-refractivity contribution in [2.75, 3.05) is 49.1 Å². The van der Waals surface area contributed by atoms with Gasteiger partial charge in [0.2, 0.25) is 5.91 Å². The van der Waals surface area contributed by atoms with Crippen LogP contribution in [-0.2, 0) is 11.2 Å². The molecule has 0 radical (unpaired) electrons. The Morgan fingerprint density at radius 1 is 0.741 bits per heavy atom. The van der Waals surface area contributed by atoms with Crippen molar-refractivity contribution in [2.45, 2.75) is 19.3 Å². The highest BCUT2D eigenvalue weighted by molar-refractivity contribution is 5.79. The Hall–Kier alpha value is -2.56. The van der Waals surface area contributed by atoms with E-state index in [1.54, 1.807) is 12.1 Å². The van der Waals surface area contributed by atoms with Crippen LogP contribution in [0.5, 0.6) is 0 Å². The summed E-state index contributed by atoms with van der Waals surface area (Å²) in [7, 11) is 0. The lowest BCUT2D eigenvalue weighted by atomic mass is 10.1. The third kappa shape index (κ3) is 4.24. The number of amides is 1. The van der Waals surface area contributed by atoms with Gasteiger partial charge in [-0.1, -0.05) is 12.1 Å². The van der Waals surface area contributed by atoms with Crippen LogP contribution in [0.2, 0.25) is 0 Å². The second kappa shape index (κ2) is 7.99. The van der Waals surface area contributed by atoms with E-state index in [-0.39, 0.29) is 11.7 Å². The van der Waals surface area contributed by atoms with Gasteiger partial charge in [-0.3, -0.25) is 4.79 Å². The molecule has 2 aliphatic heterocycles. The number of hydrogen-bond acceptors (Lipinski definition) is 3. The highest BCUT2D eigenvalue weighted by atomic mass is 19.1. The van der Waals surface area contributed by atoms with Crippen LogP contribution in [0.1, 0.15) is 18.4 Å². The molecular weight excluding hydrogens is 341 g/mol. The molecule has 0 unspecified atom stereocenters. The molecule has 4 rings (SSSR count). The van der Waals surface area contributed by atoms with Crippen LogP contribution in [-0.4, -0.2) is 50.1 Å². The summed E-state index contributed by atoms with van der Waals surface area (Å²) in [5.41, 5.74) is 3.40. The lowest BCUT2D eigenvalue weighted by molar-refractivity contribution is -0.130. The zero-order valence-electron chi connectivity index (χ0n) is 15.6. The Labute approximate surface area is 160 Å². The predicted octanol–water partition coefficient (Wildman–Crippen LogP) is 3.32. The van der Waals surface area contributed by atoms with Crippen LogP contribution in [0, 0.1) is 5.82 Å². The van der Waals surface area contributed by atoms with E-state index in [0.29, 0.717) is 6.42 Å². The zero-order chi connectivity index (χ0) is 18.6. The van der Waals surface area contributed by atoms with Crippen molar-refractivity contribution < 1.29 is 9.18 Å². The van der Waals surface area contributed by atoms with Crippen molar-refractivity contribution in [3.8, 4) is 0 Å². The third-order valence-corrected chi connectivity index (χ3v) is 5.59. The summed E-state index contributed by atoms with van der Waals surface area (Å²) in [6, 6.07) is 15.0. The predicted molar refractivity (Wildman–Crippen MR) is 107 cm³/mol. The Balaban J connectivity index is 1.30. The van der Waals surface area contributed by atoms with Gasteiger partial charge in [-0.2, -0.15) is 0 Å². The van der Waals surface area contributed by atoms with Gasteiger partial charge in [0.25, 0.3) is 0 Å². The third-order valence-electron chi connectivity index (χ3n) is 5.59. The van der Waals surface area contributed by atoms with Crippen molar-refractivity contribution in [1.82, 2.24) is 4.90 Å². The molecule has 2 saturated heterocycles. The molecule has 2 heterocycles. The van der Waals surface area contributed by atoms with E-state index in [1.807, 2.05) is 4.90 Å². The van der Waals surface area contributed by atoms with Gasteiger partial charge >= 0.3 is 0 Å². The smallest absolute Gasteiger partial charge is 0.227 e. The lowest BCUT2D eigenvalue weighted by Crippen LogP contribution is -2.49. The van der Waals surface area contributed by atoms with E-state index in [9.17, 15) is 9.18 Å². The standard InChI is InChI=1S/C22H26FN3O/c23-19-5-3-18(4-6-19)17-22(27)26-15-13-25(14-16-26)21-9-7-20(8-10-21)24-11-1-2-12-24/h3-10H,1-2,11-17H2. The molecule has 0 aliphatic carbocycles. The summed E-state index contributed by atoms with van der Waals surface area (Å²) >= 11 is 0. The van der Waals surface area contributed by atoms with Gasteiger partial charge < -0.3 is 14.7 Å².